The zero-order valence-corrected chi connectivity index (χ0v) is 23.2. The molecule has 10 heteroatoms. The summed E-state index contributed by atoms with van der Waals surface area (Å²) in [6, 6.07) is 9.76. The number of carbonyl (C=O) groups excluding carboxylic acids is 3. The smallest absolute Gasteiger partial charge is 0.294 e. The molecule has 1 saturated heterocycles. The summed E-state index contributed by atoms with van der Waals surface area (Å²) in [6.07, 6.45) is 1.57. The van der Waals surface area contributed by atoms with E-state index < -0.39 is 11.7 Å². The molecule has 1 aliphatic heterocycles. The highest BCUT2D eigenvalue weighted by atomic mass is 19.1. The van der Waals surface area contributed by atoms with Crippen molar-refractivity contribution >= 4 is 28.5 Å². The maximum Gasteiger partial charge on any atom is 0.294 e. The van der Waals surface area contributed by atoms with Crippen molar-refractivity contribution < 1.29 is 28.2 Å². The van der Waals surface area contributed by atoms with Crippen molar-refractivity contribution in [3.63, 3.8) is 0 Å². The summed E-state index contributed by atoms with van der Waals surface area (Å²) in [4.78, 5) is 44.8. The van der Waals surface area contributed by atoms with Crippen molar-refractivity contribution in [3.8, 4) is 5.75 Å². The number of halogens is 1. The minimum absolute atomic E-state index is 0. The molecule has 0 bridgehead atoms. The number of fused-ring (bicyclic) bond motifs is 1. The van der Waals surface area contributed by atoms with E-state index >= 15 is 0 Å². The Kier molecular flexibility index (Phi) is 9.70. The SMILES string of the molecule is C.COCn1cc(C(=O)C(=O)N(C)C)c2cc(C(=O)N3C[C@H](C)N(Cc4ccc(F)cc4)C[C@H]3C)c(OC)cc21. The van der Waals surface area contributed by atoms with E-state index in [1.807, 2.05) is 11.8 Å². The summed E-state index contributed by atoms with van der Waals surface area (Å²) in [5, 5.41) is 0.479. The number of aromatic nitrogens is 1. The Morgan fingerprint density at radius 2 is 1.68 bits per heavy atom. The van der Waals surface area contributed by atoms with E-state index in [2.05, 4.69) is 11.8 Å². The van der Waals surface area contributed by atoms with Gasteiger partial charge in [-0.1, -0.05) is 19.6 Å². The highest BCUT2D eigenvalue weighted by Gasteiger charge is 2.34. The molecule has 9 nitrogen and oxygen atoms in total. The summed E-state index contributed by atoms with van der Waals surface area (Å²) < 4.78 is 26.0. The predicted molar refractivity (Wildman–Crippen MR) is 152 cm³/mol. The van der Waals surface area contributed by atoms with Crippen LogP contribution in [-0.2, 0) is 22.8 Å². The fraction of sp³-hybridized carbons (Fsp3) is 0.433. The standard InChI is InChI=1S/C29H35FN4O5.CH4/c1-18-14-34(19(2)13-32(18)15-20-7-9-21(30)10-8-20)28(36)23-11-22-24(27(35)29(37)31(3)4)16-33(17-38-5)25(22)12-26(23)39-6;/h7-12,16,18-19H,13-15,17H2,1-6H3;1H4/t18-,19+;/m0./s1. The highest BCUT2D eigenvalue weighted by molar-refractivity contribution is 6.44. The largest absolute Gasteiger partial charge is 0.496 e. The number of piperazine rings is 1. The number of amides is 2. The van der Waals surface area contributed by atoms with Crippen LogP contribution in [0.25, 0.3) is 10.9 Å². The van der Waals surface area contributed by atoms with Gasteiger partial charge in [-0.25, -0.2) is 4.39 Å². The van der Waals surface area contributed by atoms with Crippen molar-refractivity contribution in [2.75, 3.05) is 41.4 Å². The molecule has 2 aromatic carbocycles. The summed E-state index contributed by atoms with van der Waals surface area (Å²) in [5.74, 6) is -1.44. The number of carbonyl (C=O) groups is 3. The van der Waals surface area contributed by atoms with Gasteiger partial charge in [-0.2, -0.15) is 0 Å². The summed E-state index contributed by atoms with van der Waals surface area (Å²) in [7, 11) is 6.07. The Morgan fingerprint density at radius 1 is 1.00 bits per heavy atom. The zero-order valence-electron chi connectivity index (χ0n) is 23.2. The van der Waals surface area contributed by atoms with Gasteiger partial charge in [-0.05, 0) is 37.6 Å². The molecule has 1 fully saturated rings. The number of rotatable bonds is 8. The van der Waals surface area contributed by atoms with Gasteiger partial charge in [0.25, 0.3) is 17.6 Å². The van der Waals surface area contributed by atoms with Crippen LogP contribution in [0.1, 0.15) is 47.6 Å². The van der Waals surface area contributed by atoms with Crippen LogP contribution >= 0.6 is 0 Å². The summed E-state index contributed by atoms with van der Waals surface area (Å²) in [5.41, 5.74) is 2.14. The van der Waals surface area contributed by atoms with Gasteiger partial charge in [0.2, 0.25) is 0 Å². The number of Topliss-reactive ketones (excluding diaryl/α,β-unsaturated/α-hetero) is 1. The number of hydrogen-bond donors (Lipinski definition) is 0. The molecular weight excluding hydrogens is 515 g/mol. The van der Waals surface area contributed by atoms with Gasteiger partial charge in [0, 0.05) is 70.6 Å². The first-order chi connectivity index (χ1) is 18.5. The van der Waals surface area contributed by atoms with E-state index in [4.69, 9.17) is 9.47 Å². The molecule has 0 aliphatic carbocycles. The number of hydrogen-bond acceptors (Lipinski definition) is 6. The molecule has 2 atom stereocenters. The van der Waals surface area contributed by atoms with Crippen LogP contribution in [0.3, 0.4) is 0 Å². The van der Waals surface area contributed by atoms with Crippen LogP contribution in [0.2, 0.25) is 0 Å². The van der Waals surface area contributed by atoms with Crippen molar-refractivity contribution in [1.82, 2.24) is 19.3 Å². The number of ketones is 1. The molecule has 3 aromatic rings. The number of nitrogens with zero attached hydrogens (tertiary/aromatic N) is 4. The molecule has 40 heavy (non-hydrogen) atoms. The fourth-order valence-electron chi connectivity index (χ4n) is 5.08. The average molecular weight is 555 g/mol. The highest BCUT2D eigenvalue weighted by Crippen LogP contribution is 2.32. The van der Waals surface area contributed by atoms with Gasteiger partial charge in [0.05, 0.1) is 23.8 Å². The molecule has 0 spiro atoms. The monoisotopic (exact) mass is 554 g/mol. The zero-order chi connectivity index (χ0) is 28.4. The van der Waals surface area contributed by atoms with Crippen LogP contribution in [0, 0.1) is 5.82 Å². The molecule has 2 amide bonds. The molecule has 0 radical (unpaired) electrons. The maximum atomic E-state index is 13.9. The van der Waals surface area contributed by atoms with Crippen LogP contribution in [-0.4, -0.2) is 90.4 Å². The first-order valence-corrected chi connectivity index (χ1v) is 12.8. The second-order valence-electron chi connectivity index (χ2n) is 10.2. The van der Waals surface area contributed by atoms with Gasteiger partial charge in [0.1, 0.15) is 18.3 Å². The Bertz CT molecular complexity index is 1380. The third kappa shape index (κ3) is 6.03. The van der Waals surface area contributed by atoms with Crippen LogP contribution in [0.5, 0.6) is 5.75 Å². The minimum Gasteiger partial charge on any atom is -0.496 e. The topological polar surface area (TPSA) is 84.3 Å². The molecule has 0 unspecified atom stereocenters. The normalized spacial score (nSPS) is 17.4. The first-order valence-electron chi connectivity index (χ1n) is 12.8. The predicted octanol–water partition coefficient (Wildman–Crippen LogP) is 4.03. The summed E-state index contributed by atoms with van der Waals surface area (Å²) >= 11 is 0. The van der Waals surface area contributed by atoms with Crippen LogP contribution in [0.4, 0.5) is 4.39 Å². The fourth-order valence-corrected chi connectivity index (χ4v) is 5.08. The molecule has 216 valence electrons. The molecule has 0 N–H and O–H groups in total. The van der Waals surface area contributed by atoms with Gasteiger partial charge in [-0.15, -0.1) is 0 Å². The lowest BCUT2D eigenvalue weighted by atomic mass is 10.0. The molecule has 0 saturated carbocycles. The maximum absolute atomic E-state index is 13.9. The molecule has 4 rings (SSSR count). The first kappa shape index (κ1) is 30.8. The Hall–Kier alpha value is -3.76. The Labute approximate surface area is 235 Å². The Morgan fingerprint density at radius 3 is 2.27 bits per heavy atom. The molecule has 1 aromatic heterocycles. The number of benzene rings is 2. The molecular formula is C30H39FN4O5. The van der Waals surface area contributed by atoms with Crippen molar-refractivity contribution in [2.45, 2.75) is 46.6 Å². The third-order valence-electron chi connectivity index (χ3n) is 7.22. The van der Waals surface area contributed by atoms with E-state index in [1.54, 1.807) is 35.0 Å². The summed E-state index contributed by atoms with van der Waals surface area (Å²) in [6.45, 7) is 5.98. The van der Waals surface area contributed by atoms with Crippen molar-refractivity contribution in [1.29, 1.82) is 0 Å². The minimum atomic E-state index is -0.667. The number of methoxy groups -OCH3 is 2. The lowest BCUT2D eigenvalue weighted by Crippen LogP contribution is -2.57. The van der Waals surface area contributed by atoms with Gasteiger partial charge >= 0.3 is 0 Å². The average Bonchev–Trinajstić information content (AvgIpc) is 3.27. The second-order valence-corrected chi connectivity index (χ2v) is 10.2. The van der Waals surface area contributed by atoms with Crippen LogP contribution < -0.4 is 4.74 Å². The third-order valence-corrected chi connectivity index (χ3v) is 7.22. The Balaban J connectivity index is 0.00000441. The van der Waals surface area contributed by atoms with E-state index in [9.17, 15) is 18.8 Å². The molecule has 1 aliphatic rings. The van der Waals surface area contributed by atoms with E-state index in [1.165, 1.54) is 45.3 Å². The van der Waals surface area contributed by atoms with E-state index in [0.29, 0.717) is 41.9 Å². The lowest BCUT2D eigenvalue weighted by molar-refractivity contribution is -0.124. The van der Waals surface area contributed by atoms with E-state index in [0.717, 1.165) is 5.56 Å². The van der Waals surface area contributed by atoms with E-state index in [-0.39, 0.29) is 43.5 Å². The second kappa shape index (κ2) is 12.6. The van der Waals surface area contributed by atoms with Gasteiger partial charge < -0.3 is 23.8 Å². The van der Waals surface area contributed by atoms with Gasteiger partial charge in [0.15, 0.2) is 0 Å². The molecule has 2 heterocycles. The van der Waals surface area contributed by atoms with Crippen molar-refractivity contribution in [3.05, 3.63) is 65.1 Å². The number of likely N-dealkylation sites (N-methyl/N-ethyl adjacent to an activating group) is 1. The van der Waals surface area contributed by atoms with Crippen molar-refractivity contribution in [2.24, 2.45) is 0 Å². The van der Waals surface area contributed by atoms with Crippen LogP contribution in [0.15, 0.2) is 42.6 Å². The number of ether oxygens (including phenoxy) is 2. The quantitative estimate of drug-likeness (QED) is 0.309. The van der Waals surface area contributed by atoms with Gasteiger partial charge in [-0.3, -0.25) is 19.3 Å². The lowest BCUT2D eigenvalue weighted by Gasteiger charge is -2.44.